The van der Waals surface area contributed by atoms with E-state index in [0.717, 1.165) is 18.7 Å². The largest absolute Gasteiger partial charge is 0.488 e. The van der Waals surface area contributed by atoms with E-state index in [0.29, 0.717) is 13.8 Å². The molecule has 0 radical (unpaired) electrons. The lowest BCUT2D eigenvalue weighted by Gasteiger charge is -2.11. The Hall–Kier alpha value is -2.33. The number of aromatic nitrogens is 1. The number of hydrogen-bond acceptors (Lipinski definition) is 2. The molecule has 0 saturated heterocycles. The number of aryl methyl sites for hydroxylation is 1. The molecule has 0 bridgehead atoms. The van der Waals surface area contributed by atoms with Crippen LogP contribution in [0.25, 0.3) is 10.9 Å². The van der Waals surface area contributed by atoms with Gasteiger partial charge in [0.25, 0.3) is 0 Å². The quantitative estimate of drug-likeness (QED) is 0.658. The Morgan fingerprint density at radius 2 is 1.72 bits per heavy atom. The van der Waals surface area contributed by atoms with Gasteiger partial charge in [-0.2, -0.15) is 0 Å². The van der Waals surface area contributed by atoms with E-state index in [2.05, 4.69) is 67.1 Å². The van der Waals surface area contributed by atoms with Gasteiger partial charge in [-0.1, -0.05) is 36.4 Å². The van der Waals surface area contributed by atoms with Crippen molar-refractivity contribution >= 4 is 10.9 Å². The molecule has 0 amide bonds. The van der Waals surface area contributed by atoms with Gasteiger partial charge in [-0.05, 0) is 43.8 Å². The first-order valence-corrected chi connectivity index (χ1v) is 8.41. The molecule has 1 heterocycles. The van der Waals surface area contributed by atoms with E-state index in [-0.39, 0.29) is 0 Å². The van der Waals surface area contributed by atoms with E-state index < -0.39 is 0 Å². The summed E-state index contributed by atoms with van der Waals surface area (Å²) in [4.78, 5) is 2.21. The van der Waals surface area contributed by atoms with Crippen LogP contribution in [0, 0.1) is 0 Å². The minimum absolute atomic E-state index is 0.500. The summed E-state index contributed by atoms with van der Waals surface area (Å²) in [6, 6.07) is 16.6. The second-order valence-corrected chi connectivity index (χ2v) is 6.24. The molecule has 0 aliphatic carbocycles. The average Bonchev–Trinajstić information content (AvgIpc) is 2.97. The fourth-order valence-corrected chi connectivity index (χ4v) is 2.89. The topological polar surface area (TPSA) is 17.4 Å². The lowest BCUT2D eigenvalue weighted by molar-refractivity contribution is 0.310. The molecule has 3 aromatic rings. The number of nitrogens with zero attached hydrogens (tertiary/aromatic N) is 2. The molecule has 3 nitrogen and oxygen atoms in total. The van der Waals surface area contributed by atoms with Crippen LogP contribution < -0.4 is 4.74 Å². The zero-order chi connectivity index (χ0) is 18.2. The van der Waals surface area contributed by atoms with Gasteiger partial charge < -0.3 is 14.2 Å². The van der Waals surface area contributed by atoms with Crippen LogP contribution in [0.3, 0.4) is 0 Å². The fourth-order valence-electron chi connectivity index (χ4n) is 2.89. The van der Waals surface area contributed by atoms with Crippen molar-refractivity contribution in [2.24, 2.45) is 7.05 Å². The van der Waals surface area contributed by atoms with E-state index in [4.69, 9.17) is 4.74 Å². The molecule has 25 heavy (non-hydrogen) atoms. The van der Waals surface area contributed by atoms with Crippen LogP contribution in [0.5, 0.6) is 5.75 Å². The summed E-state index contributed by atoms with van der Waals surface area (Å²) >= 11 is 0. The number of alkyl halides is 1. The second kappa shape index (κ2) is 9.23. The first kappa shape index (κ1) is 19.0. The molecule has 0 fully saturated rings. The molecule has 0 atom stereocenters. The zero-order valence-corrected chi connectivity index (χ0v) is 15.5. The zero-order valence-electron chi connectivity index (χ0n) is 15.5. The van der Waals surface area contributed by atoms with Crippen LogP contribution in [0.2, 0.25) is 0 Å². The molecule has 134 valence electrons. The van der Waals surface area contributed by atoms with Crippen molar-refractivity contribution in [1.29, 1.82) is 0 Å². The lowest BCUT2D eigenvalue weighted by atomic mass is 10.1. The summed E-state index contributed by atoms with van der Waals surface area (Å²) in [7, 11) is 6.82. The number of ether oxygens (including phenoxy) is 1. The highest BCUT2D eigenvalue weighted by atomic mass is 19.1. The van der Waals surface area contributed by atoms with Gasteiger partial charge >= 0.3 is 0 Å². The van der Waals surface area contributed by atoms with Crippen molar-refractivity contribution < 1.29 is 9.13 Å². The average molecular weight is 342 g/mol. The molecule has 0 aliphatic heterocycles. The highest BCUT2D eigenvalue weighted by Gasteiger charge is 2.12. The van der Waals surface area contributed by atoms with Crippen LogP contribution in [0.4, 0.5) is 4.39 Å². The third kappa shape index (κ3) is 4.83. The van der Waals surface area contributed by atoms with E-state index in [1.807, 2.05) is 18.2 Å². The Morgan fingerprint density at radius 3 is 2.40 bits per heavy atom. The van der Waals surface area contributed by atoms with Crippen molar-refractivity contribution in [1.82, 2.24) is 9.47 Å². The lowest BCUT2D eigenvalue weighted by Crippen LogP contribution is -2.14. The molecule has 0 N–H and O–H groups in total. The van der Waals surface area contributed by atoms with Gasteiger partial charge in [-0.25, -0.2) is 0 Å². The number of benzene rings is 2. The predicted molar refractivity (Wildman–Crippen MR) is 103 cm³/mol. The van der Waals surface area contributed by atoms with Gasteiger partial charge in [0.15, 0.2) is 0 Å². The van der Waals surface area contributed by atoms with Gasteiger partial charge in [0, 0.05) is 25.2 Å². The molecule has 4 heteroatoms. The van der Waals surface area contributed by atoms with E-state index in [9.17, 15) is 4.39 Å². The van der Waals surface area contributed by atoms with Gasteiger partial charge in [-0.15, -0.1) is 0 Å². The second-order valence-electron chi connectivity index (χ2n) is 6.24. The summed E-state index contributed by atoms with van der Waals surface area (Å²) in [5.41, 5.74) is 3.76. The van der Waals surface area contributed by atoms with Gasteiger partial charge in [-0.3, -0.25) is 4.39 Å². The number of likely N-dealkylation sites (N-methyl/N-ethyl adjacent to an activating group) is 1. The molecule has 0 saturated carbocycles. The maximum absolute atomic E-state index is 9.50. The minimum atomic E-state index is 0.500. The van der Waals surface area contributed by atoms with Gasteiger partial charge in [0.2, 0.25) is 0 Å². The highest BCUT2D eigenvalue weighted by Crippen LogP contribution is 2.31. The molecular formula is C21H27FN2O. The fraction of sp³-hybridized carbons (Fsp3) is 0.333. The molecular weight excluding hydrogens is 315 g/mol. The molecule has 0 spiro atoms. The van der Waals surface area contributed by atoms with E-state index in [1.165, 1.54) is 22.0 Å². The van der Waals surface area contributed by atoms with Crippen molar-refractivity contribution in [3.05, 3.63) is 65.9 Å². The number of rotatable bonds is 6. The Morgan fingerprint density at radius 1 is 1.00 bits per heavy atom. The maximum atomic E-state index is 9.50. The van der Waals surface area contributed by atoms with E-state index in [1.54, 1.807) is 0 Å². The third-order valence-electron chi connectivity index (χ3n) is 4.12. The normalized spacial score (nSPS) is 10.6. The first-order valence-electron chi connectivity index (χ1n) is 8.41. The van der Waals surface area contributed by atoms with Crippen molar-refractivity contribution in [3.8, 4) is 5.75 Å². The summed E-state index contributed by atoms with van der Waals surface area (Å²) < 4.78 is 17.8. The monoisotopic (exact) mass is 342 g/mol. The van der Waals surface area contributed by atoms with Crippen molar-refractivity contribution in [2.75, 3.05) is 27.8 Å². The smallest absolute Gasteiger partial charge is 0.129 e. The Bertz CT molecular complexity index is 781. The van der Waals surface area contributed by atoms with Crippen LogP contribution >= 0.6 is 0 Å². The molecule has 2 aromatic carbocycles. The van der Waals surface area contributed by atoms with Gasteiger partial charge in [0.1, 0.15) is 12.4 Å². The summed E-state index contributed by atoms with van der Waals surface area (Å²) in [6.07, 6.45) is 3.25. The van der Waals surface area contributed by atoms with E-state index >= 15 is 0 Å². The maximum Gasteiger partial charge on any atom is 0.129 e. The summed E-state index contributed by atoms with van der Waals surface area (Å²) in [5, 5.41) is 1.24. The summed E-state index contributed by atoms with van der Waals surface area (Å²) in [6.45, 7) is 1.63. The molecule has 1 aromatic heterocycles. The molecule has 3 rings (SSSR count). The summed E-state index contributed by atoms with van der Waals surface area (Å²) in [5.74, 6) is 0.973. The highest BCUT2D eigenvalue weighted by molar-refractivity contribution is 5.90. The number of hydrogen-bond donors (Lipinski definition) is 0. The Kier molecular flexibility index (Phi) is 7.02. The van der Waals surface area contributed by atoms with Crippen molar-refractivity contribution in [2.45, 2.75) is 13.0 Å². The third-order valence-corrected chi connectivity index (χ3v) is 4.12. The van der Waals surface area contributed by atoms with Crippen LogP contribution in [-0.4, -0.2) is 37.3 Å². The number of halogens is 1. The minimum Gasteiger partial charge on any atom is -0.488 e. The van der Waals surface area contributed by atoms with Gasteiger partial charge in [0.05, 0.1) is 12.7 Å². The standard InChI is InChI=1S/C20H24N2O.CH3F/c1-21(2)13-12-17-14-22(3)18-10-7-11-19(20(17)18)23-15-16-8-5-4-6-9-16;1-2/h4-11,14H,12-13,15H2,1-3H3;1H3. The first-order chi connectivity index (χ1) is 12.1. The van der Waals surface area contributed by atoms with Crippen LogP contribution in [0.1, 0.15) is 11.1 Å². The van der Waals surface area contributed by atoms with Crippen LogP contribution in [0.15, 0.2) is 54.7 Å². The molecule has 0 unspecified atom stereocenters. The Labute approximate surface area is 149 Å². The Balaban J connectivity index is 0.00000109. The number of fused-ring (bicyclic) bond motifs is 1. The SMILES string of the molecule is CF.CN(C)CCc1cn(C)c2cccc(OCc3ccccc3)c12. The predicted octanol–water partition coefficient (Wildman–Crippen LogP) is 4.45. The van der Waals surface area contributed by atoms with Crippen molar-refractivity contribution in [3.63, 3.8) is 0 Å². The van der Waals surface area contributed by atoms with Crippen LogP contribution in [-0.2, 0) is 20.1 Å². The molecule has 0 aliphatic rings.